The first-order valence-corrected chi connectivity index (χ1v) is 5.49. The summed E-state index contributed by atoms with van der Waals surface area (Å²) in [6.07, 6.45) is 7.50. The van der Waals surface area contributed by atoms with E-state index in [1.807, 2.05) is 18.7 Å². The summed E-state index contributed by atoms with van der Waals surface area (Å²) in [6, 6.07) is -0.0372. The van der Waals surface area contributed by atoms with Crippen LogP contribution in [0.4, 0.5) is 4.79 Å². The zero-order chi connectivity index (χ0) is 11.5. The quantitative estimate of drug-likeness (QED) is 0.655. The molecule has 0 bridgehead atoms. The molecule has 0 atom stereocenters. The maximum absolute atomic E-state index is 11.8. The molecule has 1 aliphatic rings. The molecule has 0 aromatic heterocycles. The number of nitrogens with zero attached hydrogens (tertiary/aromatic N) is 1. The number of likely N-dealkylation sites (tertiary alicyclic amines) is 1. The van der Waals surface area contributed by atoms with Gasteiger partial charge in [0.05, 0.1) is 5.54 Å². The number of nitrogens with one attached hydrogen (secondary N) is 1. The molecule has 3 nitrogen and oxygen atoms in total. The van der Waals surface area contributed by atoms with Crippen LogP contribution in [0.1, 0.15) is 33.6 Å². The van der Waals surface area contributed by atoms with Gasteiger partial charge in [0.25, 0.3) is 0 Å². The third kappa shape index (κ3) is 3.47. The van der Waals surface area contributed by atoms with E-state index in [0.717, 1.165) is 31.8 Å². The van der Waals surface area contributed by atoms with Crippen molar-refractivity contribution in [1.29, 1.82) is 0 Å². The molecule has 1 heterocycles. The standard InChI is InChI=1S/C12H20N2O/c1-5-12(3,4)13-11(15)14-8-6-10(2)7-9-14/h1,10H,6-9H2,2-4H3,(H,13,15). The summed E-state index contributed by atoms with van der Waals surface area (Å²) in [4.78, 5) is 13.6. The maximum Gasteiger partial charge on any atom is 0.318 e. The number of carbonyl (C=O) groups is 1. The van der Waals surface area contributed by atoms with Crippen LogP contribution in [-0.2, 0) is 0 Å². The van der Waals surface area contributed by atoms with Crippen LogP contribution >= 0.6 is 0 Å². The first kappa shape index (κ1) is 11.9. The average Bonchev–Trinajstić information content (AvgIpc) is 2.18. The molecule has 0 aromatic carbocycles. The molecule has 0 saturated carbocycles. The SMILES string of the molecule is C#CC(C)(C)NC(=O)N1CCC(C)CC1. The third-order valence-corrected chi connectivity index (χ3v) is 2.85. The van der Waals surface area contributed by atoms with Crippen molar-refractivity contribution in [3.05, 3.63) is 0 Å². The van der Waals surface area contributed by atoms with Gasteiger partial charge in [0, 0.05) is 13.1 Å². The number of hydrogen-bond donors (Lipinski definition) is 1. The van der Waals surface area contributed by atoms with Gasteiger partial charge < -0.3 is 10.2 Å². The molecule has 2 amide bonds. The predicted molar refractivity (Wildman–Crippen MR) is 61.4 cm³/mol. The van der Waals surface area contributed by atoms with Gasteiger partial charge in [-0.25, -0.2) is 4.79 Å². The highest BCUT2D eigenvalue weighted by Gasteiger charge is 2.24. The lowest BCUT2D eigenvalue weighted by Gasteiger charge is -2.32. The van der Waals surface area contributed by atoms with E-state index in [0.29, 0.717) is 0 Å². The number of urea groups is 1. The fourth-order valence-corrected chi connectivity index (χ4v) is 1.59. The van der Waals surface area contributed by atoms with E-state index in [9.17, 15) is 4.79 Å². The lowest BCUT2D eigenvalue weighted by Crippen LogP contribution is -2.51. The fourth-order valence-electron chi connectivity index (χ4n) is 1.59. The predicted octanol–water partition coefficient (Wildman–Crippen LogP) is 1.84. The van der Waals surface area contributed by atoms with Crippen LogP contribution in [0.2, 0.25) is 0 Å². The molecule has 0 aliphatic carbocycles. The largest absolute Gasteiger partial charge is 0.325 e. The Labute approximate surface area is 92.2 Å². The van der Waals surface area contributed by atoms with Gasteiger partial charge in [-0.3, -0.25) is 0 Å². The van der Waals surface area contributed by atoms with Crippen LogP contribution in [0.15, 0.2) is 0 Å². The molecule has 1 rings (SSSR count). The number of amides is 2. The second kappa shape index (κ2) is 4.57. The van der Waals surface area contributed by atoms with Crippen molar-refractivity contribution in [2.75, 3.05) is 13.1 Å². The van der Waals surface area contributed by atoms with Gasteiger partial charge in [0.15, 0.2) is 0 Å². The highest BCUT2D eigenvalue weighted by Crippen LogP contribution is 2.16. The minimum Gasteiger partial charge on any atom is -0.325 e. The molecule has 0 radical (unpaired) electrons. The highest BCUT2D eigenvalue weighted by molar-refractivity contribution is 5.75. The van der Waals surface area contributed by atoms with Gasteiger partial charge in [0.1, 0.15) is 0 Å². The summed E-state index contributed by atoms with van der Waals surface area (Å²) < 4.78 is 0. The van der Waals surface area contributed by atoms with E-state index >= 15 is 0 Å². The van der Waals surface area contributed by atoms with Gasteiger partial charge in [0.2, 0.25) is 0 Å². The smallest absolute Gasteiger partial charge is 0.318 e. The summed E-state index contributed by atoms with van der Waals surface area (Å²) in [5.74, 6) is 3.29. The van der Waals surface area contributed by atoms with Gasteiger partial charge in [-0.2, -0.15) is 0 Å². The minimum absolute atomic E-state index is 0.0372. The summed E-state index contributed by atoms with van der Waals surface area (Å²) >= 11 is 0. The number of carbonyl (C=O) groups excluding carboxylic acids is 1. The summed E-state index contributed by atoms with van der Waals surface area (Å²) in [5.41, 5.74) is -0.555. The van der Waals surface area contributed by atoms with Crippen molar-refractivity contribution in [1.82, 2.24) is 10.2 Å². The Bertz CT molecular complexity index is 270. The first-order chi connectivity index (χ1) is 6.94. The van der Waals surface area contributed by atoms with Crippen LogP contribution in [0.25, 0.3) is 0 Å². The molecular weight excluding hydrogens is 188 g/mol. The zero-order valence-corrected chi connectivity index (χ0v) is 9.84. The Morgan fingerprint density at radius 2 is 2.00 bits per heavy atom. The fraction of sp³-hybridized carbons (Fsp3) is 0.750. The summed E-state index contributed by atoms with van der Waals surface area (Å²) in [5, 5.41) is 2.84. The van der Waals surface area contributed by atoms with Crippen LogP contribution in [-0.4, -0.2) is 29.6 Å². The molecule has 1 fully saturated rings. The lowest BCUT2D eigenvalue weighted by molar-refractivity contribution is 0.169. The number of terminal acetylenes is 1. The van der Waals surface area contributed by atoms with E-state index < -0.39 is 5.54 Å². The molecule has 0 aromatic rings. The zero-order valence-electron chi connectivity index (χ0n) is 9.84. The number of rotatable bonds is 1. The van der Waals surface area contributed by atoms with Gasteiger partial charge in [-0.05, 0) is 32.6 Å². The van der Waals surface area contributed by atoms with E-state index in [-0.39, 0.29) is 6.03 Å². The Hall–Kier alpha value is -1.17. The van der Waals surface area contributed by atoms with Gasteiger partial charge in [-0.15, -0.1) is 6.42 Å². The summed E-state index contributed by atoms with van der Waals surface area (Å²) in [7, 11) is 0. The van der Waals surface area contributed by atoms with Crippen molar-refractivity contribution in [3.8, 4) is 12.3 Å². The molecule has 3 heteroatoms. The topological polar surface area (TPSA) is 32.3 Å². The van der Waals surface area contributed by atoms with Crippen LogP contribution < -0.4 is 5.32 Å². The second-order valence-electron chi connectivity index (χ2n) is 4.87. The molecular formula is C12H20N2O. The Balaban J connectivity index is 2.45. The van der Waals surface area contributed by atoms with E-state index in [1.165, 1.54) is 0 Å². The second-order valence-corrected chi connectivity index (χ2v) is 4.87. The molecule has 1 N–H and O–H groups in total. The maximum atomic E-state index is 11.8. The Kier molecular flexibility index (Phi) is 3.62. The number of hydrogen-bond acceptors (Lipinski definition) is 1. The lowest BCUT2D eigenvalue weighted by atomic mass is 9.99. The Morgan fingerprint density at radius 1 is 1.47 bits per heavy atom. The monoisotopic (exact) mass is 208 g/mol. The normalized spacial score (nSPS) is 18.4. The molecule has 0 spiro atoms. The molecule has 0 unspecified atom stereocenters. The average molecular weight is 208 g/mol. The van der Waals surface area contributed by atoms with Crippen molar-refractivity contribution in [3.63, 3.8) is 0 Å². The minimum atomic E-state index is -0.555. The van der Waals surface area contributed by atoms with Crippen molar-refractivity contribution < 1.29 is 4.79 Å². The summed E-state index contributed by atoms with van der Waals surface area (Å²) in [6.45, 7) is 7.57. The molecule has 1 saturated heterocycles. The van der Waals surface area contributed by atoms with Gasteiger partial charge in [-0.1, -0.05) is 12.8 Å². The molecule has 84 valence electrons. The third-order valence-electron chi connectivity index (χ3n) is 2.85. The molecule has 1 aliphatic heterocycles. The highest BCUT2D eigenvalue weighted by atomic mass is 16.2. The van der Waals surface area contributed by atoms with E-state index in [2.05, 4.69) is 18.2 Å². The van der Waals surface area contributed by atoms with Crippen LogP contribution in [0.3, 0.4) is 0 Å². The van der Waals surface area contributed by atoms with E-state index in [1.54, 1.807) is 0 Å². The van der Waals surface area contributed by atoms with E-state index in [4.69, 9.17) is 6.42 Å². The first-order valence-electron chi connectivity index (χ1n) is 5.49. The van der Waals surface area contributed by atoms with Crippen molar-refractivity contribution >= 4 is 6.03 Å². The van der Waals surface area contributed by atoms with Gasteiger partial charge >= 0.3 is 6.03 Å². The number of piperidine rings is 1. The Morgan fingerprint density at radius 3 is 2.47 bits per heavy atom. The van der Waals surface area contributed by atoms with Crippen LogP contribution in [0, 0.1) is 18.3 Å². The van der Waals surface area contributed by atoms with Crippen molar-refractivity contribution in [2.45, 2.75) is 39.2 Å². The molecule has 15 heavy (non-hydrogen) atoms. The van der Waals surface area contributed by atoms with Crippen LogP contribution in [0.5, 0.6) is 0 Å². The van der Waals surface area contributed by atoms with Crippen molar-refractivity contribution in [2.24, 2.45) is 5.92 Å².